The van der Waals surface area contributed by atoms with Crippen LogP contribution in [0.2, 0.25) is 0 Å². The molecular weight excluding hydrogens is 437 g/mol. The SMILES string of the molecule is COCc1c(C2CC2)nc(C2CC2)c(/C=C/[C@@H](O)C[C@@H](O)CC(=O)O)c1-c1cc(F)ccc1C. The highest BCUT2D eigenvalue weighted by atomic mass is 19.1. The van der Waals surface area contributed by atoms with Crippen molar-refractivity contribution in [2.75, 3.05) is 7.11 Å². The first kappa shape index (κ1) is 24.5. The third-order valence-corrected chi connectivity index (χ3v) is 6.49. The summed E-state index contributed by atoms with van der Waals surface area (Å²) in [6.07, 6.45) is 4.88. The van der Waals surface area contributed by atoms with Crippen LogP contribution in [-0.4, -0.2) is 45.6 Å². The zero-order valence-electron chi connectivity index (χ0n) is 19.6. The number of rotatable bonds is 11. The zero-order valence-corrected chi connectivity index (χ0v) is 19.6. The van der Waals surface area contributed by atoms with Gasteiger partial charge < -0.3 is 20.1 Å². The Morgan fingerprint density at radius 2 is 1.88 bits per heavy atom. The highest BCUT2D eigenvalue weighted by Crippen LogP contribution is 2.49. The molecule has 1 aromatic heterocycles. The molecule has 0 unspecified atom stereocenters. The van der Waals surface area contributed by atoms with Crippen LogP contribution in [0.5, 0.6) is 0 Å². The molecule has 0 bridgehead atoms. The Balaban J connectivity index is 1.84. The number of carbonyl (C=O) groups is 1. The third kappa shape index (κ3) is 5.71. The molecule has 2 aliphatic carbocycles. The summed E-state index contributed by atoms with van der Waals surface area (Å²) >= 11 is 0. The Kier molecular flexibility index (Phi) is 7.45. The Morgan fingerprint density at radius 1 is 1.21 bits per heavy atom. The second kappa shape index (κ2) is 10.3. The van der Waals surface area contributed by atoms with E-state index in [4.69, 9.17) is 14.8 Å². The first-order valence-electron chi connectivity index (χ1n) is 11.9. The van der Waals surface area contributed by atoms with E-state index >= 15 is 0 Å². The van der Waals surface area contributed by atoms with Crippen LogP contribution in [0.15, 0.2) is 24.3 Å². The van der Waals surface area contributed by atoms with Crippen molar-refractivity contribution in [3.63, 3.8) is 0 Å². The number of methoxy groups -OCH3 is 1. The van der Waals surface area contributed by atoms with Gasteiger partial charge in [-0.15, -0.1) is 0 Å². The zero-order chi connectivity index (χ0) is 24.4. The lowest BCUT2D eigenvalue weighted by Gasteiger charge is -2.22. The van der Waals surface area contributed by atoms with Crippen molar-refractivity contribution < 1.29 is 29.2 Å². The summed E-state index contributed by atoms with van der Waals surface area (Å²) in [4.78, 5) is 15.9. The minimum absolute atomic E-state index is 0.0889. The molecule has 2 aromatic rings. The fourth-order valence-corrected chi connectivity index (χ4v) is 4.52. The van der Waals surface area contributed by atoms with Crippen LogP contribution in [0.4, 0.5) is 4.39 Å². The Morgan fingerprint density at radius 3 is 2.50 bits per heavy atom. The fourth-order valence-electron chi connectivity index (χ4n) is 4.52. The molecule has 2 atom stereocenters. The fraction of sp³-hybridized carbons (Fsp3) is 0.481. The maximum Gasteiger partial charge on any atom is 0.305 e. The molecule has 34 heavy (non-hydrogen) atoms. The molecule has 0 radical (unpaired) electrons. The minimum atomic E-state index is -1.15. The van der Waals surface area contributed by atoms with E-state index in [-0.39, 0.29) is 12.2 Å². The maximum atomic E-state index is 14.4. The molecule has 6 nitrogen and oxygen atoms in total. The lowest BCUT2D eigenvalue weighted by atomic mass is 9.87. The summed E-state index contributed by atoms with van der Waals surface area (Å²) in [5.41, 5.74) is 6.35. The molecule has 4 rings (SSSR count). The van der Waals surface area contributed by atoms with Crippen molar-refractivity contribution in [1.29, 1.82) is 0 Å². The van der Waals surface area contributed by atoms with Gasteiger partial charge in [-0.05, 0) is 61.4 Å². The van der Waals surface area contributed by atoms with Gasteiger partial charge >= 0.3 is 5.97 Å². The number of aliphatic hydroxyl groups is 2. The number of halogens is 1. The molecule has 0 spiro atoms. The number of hydrogen-bond donors (Lipinski definition) is 3. The molecule has 2 saturated carbocycles. The van der Waals surface area contributed by atoms with Crippen molar-refractivity contribution >= 4 is 12.0 Å². The van der Waals surface area contributed by atoms with E-state index < -0.39 is 24.6 Å². The molecule has 182 valence electrons. The van der Waals surface area contributed by atoms with E-state index in [1.54, 1.807) is 31.4 Å². The predicted octanol–water partition coefficient (Wildman–Crippen LogP) is 4.70. The number of ether oxygens (including phenoxy) is 1. The molecular formula is C27H32FNO5. The molecule has 0 saturated heterocycles. The van der Waals surface area contributed by atoms with Crippen LogP contribution in [0.25, 0.3) is 17.2 Å². The van der Waals surface area contributed by atoms with Crippen LogP contribution in [0.1, 0.15) is 78.4 Å². The number of pyridine rings is 1. The lowest BCUT2D eigenvalue weighted by Crippen LogP contribution is -2.19. The highest BCUT2D eigenvalue weighted by Gasteiger charge is 2.35. The quantitative estimate of drug-likeness (QED) is 0.441. The van der Waals surface area contributed by atoms with Gasteiger partial charge in [-0.1, -0.05) is 18.2 Å². The van der Waals surface area contributed by atoms with Crippen molar-refractivity contribution in [3.8, 4) is 11.1 Å². The summed E-state index contributed by atoms with van der Waals surface area (Å²) < 4.78 is 20.0. The van der Waals surface area contributed by atoms with E-state index in [9.17, 15) is 19.4 Å². The molecule has 1 aromatic carbocycles. The van der Waals surface area contributed by atoms with E-state index in [2.05, 4.69) is 0 Å². The van der Waals surface area contributed by atoms with E-state index in [0.29, 0.717) is 18.4 Å². The average molecular weight is 470 g/mol. The highest BCUT2D eigenvalue weighted by molar-refractivity contribution is 5.82. The lowest BCUT2D eigenvalue weighted by molar-refractivity contribution is -0.139. The summed E-state index contributed by atoms with van der Waals surface area (Å²) in [7, 11) is 1.64. The Labute approximate surface area is 199 Å². The van der Waals surface area contributed by atoms with Crippen LogP contribution < -0.4 is 0 Å². The van der Waals surface area contributed by atoms with Crippen LogP contribution in [0.3, 0.4) is 0 Å². The van der Waals surface area contributed by atoms with Crippen LogP contribution >= 0.6 is 0 Å². The Bertz CT molecular complexity index is 1090. The molecule has 1 heterocycles. The van der Waals surface area contributed by atoms with Gasteiger partial charge in [-0.2, -0.15) is 0 Å². The summed E-state index contributed by atoms with van der Waals surface area (Å²) in [5.74, 6) is -0.748. The second-order valence-electron chi connectivity index (χ2n) is 9.50. The Hall–Kier alpha value is -2.61. The number of aryl methyl sites for hydroxylation is 1. The van der Waals surface area contributed by atoms with Crippen molar-refractivity contribution in [1.82, 2.24) is 4.98 Å². The van der Waals surface area contributed by atoms with E-state index in [1.165, 1.54) is 6.07 Å². The van der Waals surface area contributed by atoms with Gasteiger partial charge in [-0.3, -0.25) is 9.78 Å². The van der Waals surface area contributed by atoms with Gasteiger partial charge in [0.2, 0.25) is 0 Å². The molecule has 0 aliphatic heterocycles. The monoisotopic (exact) mass is 469 g/mol. The van der Waals surface area contributed by atoms with Gasteiger partial charge in [0, 0.05) is 42.2 Å². The van der Waals surface area contributed by atoms with Crippen molar-refractivity contribution in [2.24, 2.45) is 0 Å². The van der Waals surface area contributed by atoms with E-state index in [0.717, 1.165) is 64.9 Å². The first-order valence-corrected chi connectivity index (χ1v) is 11.9. The van der Waals surface area contributed by atoms with Gasteiger partial charge in [0.25, 0.3) is 0 Å². The number of benzene rings is 1. The summed E-state index contributed by atoms with van der Waals surface area (Å²) in [5, 5.41) is 29.3. The molecule has 7 heteroatoms. The number of aromatic nitrogens is 1. The topological polar surface area (TPSA) is 99.9 Å². The normalized spacial score (nSPS) is 17.8. The molecule has 2 fully saturated rings. The maximum absolute atomic E-state index is 14.4. The van der Waals surface area contributed by atoms with Gasteiger partial charge in [-0.25, -0.2) is 4.39 Å². The van der Waals surface area contributed by atoms with Gasteiger partial charge in [0.1, 0.15) is 5.82 Å². The van der Waals surface area contributed by atoms with E-state index in [1.807, 2.05) is 6.92 Å². The first-order chi connectivity index (χ1) is 16.3. The largest absolute Gasteiger partial charge is 0.481 e. The van der Waals surface area contributed by atoms with Crippen LogP contribution in [0, 0.1) is 12.7 Å². The molecule has 0 amide bonds. The number of nitrogens with zero attached hydrogens (tertiary/aromatic N) is 1. The average Bonchev–Trinajstić information content (AvgIpc) is 3.67. The predicted molar refractivity (Wildman–Crippen MR) is 127 cm³/mol. The second-order valence-corrected chi connectivity index (χ2v) is 9.50. The van der Waals surface area contributed by atoms with Crippen molar-refractivity contribution in [2.45, 2.75) is 76.1 Å². The summed E-state index contributed by atoms with van der Waals surface area (Å²) in [6, 6.07) is 4.75. The third-order valence-electron chi connectivity index (χ3n) is 6.49. The summed E-state index contributed by atoms with van der Waals surface area (Å²) in [6.45, 7) is 2.29. The number of aliphatic hydroxyl groups excluding tert-OH is 2. The van der Waals surface area contributed by atoms with Crippen molar-refractivity contribution in [3.05, 3.63) is 58.2 Å². The smallest absolute Gasteiger partial charge is 0.305 e. The number of aliphatic carboxylic acids is 1. The van der Waals surface area contributed by atoms with Gasteiger partial charge in [0.05, 0.1) is 30.9 Å². The molecule has 2 aliphatic rings. The van der Waals surface area contributed by atoms with Crippen LogP contribution in [-0.2, 0) is 16.1 Å². The number of carboxylic acids is 1. The molecule has 3 N–H and O–H groups in total. The number of hydrogen-bond acceptors (Lipinski definition) is 5. The minimum Gasteiger partial charge on any atom is -0.481 e. The standard InChI is InChI=1S/C27H32FNO5/c1-15-3-8-18(28)11-22(15)25-21(10-9-19(30)12-20(31)13-24(32)33)26(16-4-5-16)29-27(17-6-7-17)23(25)14-34-2/h3,8-11,16-17,19-20,30-31H,4-7,12-14H2,1-2H3,(H,32,33)/b10-9+/t19-,20-/m1/s1. The van der Waals surface area contributed by atoms with Gasteiger partial charge in [0.15, 0.2) is 0 Å². The number of carboxylic acid groups (broad SMARTS) is 1.